The van der Waals surface area contributed by atoms with Crippen LogP contribution >= 0.6 is 31.9 Å². The number of hydrogen-bond donors (Lipinski definition) is 2. The van der Waals surface area contributed by atoms with E-state index in [4.69, 9.17) is 4.42 Å². The van der Waals surface area contributed by atoms with Crippen LogP contribution in [0.2, 0.25) is 0 Å². The van der Waals surface area contributed by atoms with E-state index in [1.54, 1.807) is 24.3 Å². The van der Waals surface area contributed by atoms with Crippen LogP contribution in [0.4, 0.5) is 5.69 Å². The number of rotatable bonds is 4. The van der Waals surface area contributed by atoms with Crippen molar-refractivity contribution < 1.29 is 19.2 Å². The highest BCUT2D eigenvalue weighted by Gasteiger charge is 2.18. The van der Waals surface area contributed by atoms with E-state index in [1.807, 2.05) is 0 Å². The number of hydrazone groups is 1. The molecule has 2 aromatic carbocycles. The molecule has 8 nitrogen and oxygen atoms in total. The molecule has 2 N–H and O–H groups in total. The predicted octanol–water partition coefficient (Wildman–Crippen LogP) is 4.34. The third-order valence-electron chi connectivity index (χ3n) is 3.35. The van der Waals surface area contributed by atoms with Crippen molar-refractivity contribution in [2.24, 2.45) is 5.10 Å². The molecule has 26 heavy (non-hydrogen) atoms. The van der Waals surface area contributed by atoms with Crippen molar-refractivity contribution in [1.82, 2.24) is 5.43 Å². The van der Waals surface area contributed by atoms with Gasteiger partial charge in [0.05, 0.1) is 11.1 Å². The van der Waals surface area contributed by atoms with Gasteiger partial charge in [0.2, 0.25) is 5.75 Å². The Kier molecular flexibility index (Phi) is 5.05. The maximum atomic E-state index is 12.1. The van der Waals surface area contributed by atoms with Crippen LogP contribution < -0.4 is 5.43 Å². The third-order valence-corrected chi connectivity index (χ3v) is 4.30. The fourth-order valence-corrected chi connectivity index (χ4v) is 3.03. The highest BCUT2D eigenvalue weighted by Crippen LogP contribution is 2.32. The molecule has 0 saturated carbocycles. The molecular weight excluding hydrogens is 474 g/mol. The molecule has 0 aliphatic carbocycles. The first-order valence-corrected chi connectivity index (χ1v) is 8.63. The number of benzene rings is 2. The summed E-state index contributed by atoms with van der Waals surface area (Å²) in [4.78, 5) is 22.3. The van der Waals surface area contributed by atoms with Crippen LogP contribution in [0.15, 0.2) is 54.9 Å². The van der Waals surface area contributed by atoms with Crippen molar-refractivity contribution in [3.8, 4) is 5.75 Å². The van der Waals surface area contributed by atoms with Crippen molar-refractivity contribution in [2.75, 3.05) is 0 Å². The molecule has 1 heterocycles. The first kappa shape index (κ1) is 18.1. The van der Waals surface area contributed by atoms with Crippen LogP contribution in [-0.2, 0) is 0 Å². The smallest absolute Gasteiger partial charge is 0.312 e. The number of phenolic OH excluding ortho intramolecular Hbond substituents is 1. The summed E-state index contributed by atoms with van der Waals surface area (Å²) in [6.07, 6.45) is 1.10. The fraction of sp³-hybridized carbons (Fsp3) is 0. The van der Waals surface area contributed by atoms with Crippen LogP contribution in [-0.4, -0.2) is 22.2 Å². The first-order valence-electron chi connectivity index (χ1n) is 7.04. The molecule has 0 fully saturated rings. The largest absolute Gasteiger partial charge is 0.502 e. The summed E-state index contributed by atoms with van der Waals surface area (Å²) in [7, 11) is 0. The second-order valence-electron chi connectivity index (χ2n) is 5.11. The Morgan fingerprint density at radius 3 is 2.73 bits per heavy atom. The number of nitro groups is 1. The standard InChI is InChI=1S/C16H9Br2N3O5/c17-10-1-2-13-8(3-10)5-14(26-13)16(23)20-19-7-9-4-11(18)6-12(15(9)22)21(24)25/h1-7,22H,(H,20,23)/b19-7+. The number of nitrogens with one attached hydrogen (secondary N) is 1. The zero-order valence-corrected chi connectivity index (χ0v) is 15.9. The highest BCUT2D eigenvalue weighted by molar-refractivity contribution is 9.10. The van der Waals surface area contributed by atoms with E-state index < -0.39 is 22.3 Å². The molecule has 0 saturated heterocycles. The second kappa shape index (κ2) is 7.26. The third kappa shape index (κ3) is 3.75. The topological polar surface area (TPSA) is 118 Å². The molecule has 3 aromatic rings. The van der Waals surface area contributed by atoms with Gasteiger partial charge in [0.1, 0.15) is 5.58 Å². The molecular formula is C16H9Br2N3O5. The summed E-state index contributed by atoms with van der Waals surface area (Å²) in [5.41, 5.74) is 2.38. The lowest BCUT2D eigenvalue weighted by Crippen LogP contribution is -2.16. The van der Waals surface area contributed by atoms with Gasteiger partial charge in [-0.2, -0.15) is 5.10 Å². The number of carbonyl (C=O) groups is 1. The molecule has 1 amide bonds. The van der Waals surface area contributed by atoms with Crippen molar-refractivity contribution >= 4 is 60.6 Å². The molecule has 0 atom stereocenters. The van der Waals surface area contributed by atoms with Crippen molar-refractivity contribution in [1.29, 1.82) is 0 Å². The van der Waals surface area contributed by atoms with E-state index in [0.29, 0.717) is 10.1 Å². The van der Waals surface area contributed by atoms with Crippen LogP contribution in [0, 0.1) is 10.1 Å². The fourth-order valence-electron chi connectivity index (χ4n) is 2.18. The summed E-state index contributed by atoms with van der Waals surface area (Å²) in [5, 5.41) is 25.2. The van der Waals surface area contributed by atoms with Gasteiger partial charge in [-0.3, -0.25) is 14.9 Å². The molecule has 0 unspecified atom stereocenters. The molecule has 0 aliphatic rings. The van der Waals surface area contributed by atoms with E-state index in [1.165, 1.54) is 6.07 Å². The molecule has 3 rings (SSSR count). The summed E-state index contributed by atoms with van der Waals surface area (Å²) in [5.74, 6) is -1.10. The van der Waals surface area contributed by atoms with Crippen LogP contribution in [0.3, 0.4) is 0 Å². The highest BCUT2D eigenvalue weighted by atomic mass is 79.9. The van der Waals surface area contributed by atoms with E-state index in [9.17, 15) is 20.0 Å². The lowest BCUT2D eigenvalue weighted by atomic mass is 10.2. The maximum Gasteiger partial charge on any atom is 0.312 e. The van der Waals surface area contributed by atoms with Gasteiger partial charge in [0.25, 0.3) is 0 Å². The minimum Gasteiger partial charge on any atom is -0.502 e. The maximum absolute atomic E-state index is 12.1. The van der Waals surface area contributed by atoms with Gasteiger partial charge < -0.3 is 9.52 Å². The number of aromatic hydroxyl groups is 1. The number of nitro benzene ring substituents is 1. The quantitative estimate of drug-likeness (QED) is 0.326. The minimum absolute atomic E-state index is 0.0553. The Balaban J connectivity index is 1.79. The first-order chi connectivity index (χ1) is 12.3. The van der Waals surface area contributed by atoms with Gasteiger partial charge >= 0.3 is 11.6 Å². The predicted molar refractivity (Wildman–Crippen MR) is 101 cm³/mol. The number of fused-ring (bicyclic) bond motifs is 1. The monoisotopic (exact) mass is 481 g/mol. The zero-order chi connectivity index (χ0) is 18.8. The van der Waals surface area contributed by atoms with Crippen molar-refractivity contribution in [2.45, 2.75) is 0 Å². The molecule has 0 bridgehead atoms. The molecule has 0 aliphatic heterocycles. The van der Waals surface area contributed by atoms with Gasteiger partial charge in [-0.15, -0.1) is 0 Å². The summed E-state index contributed by atoms with van der Waals surface area (Å²) >= 11 is 6.45. The van der Waals surface area contributed by atoms with Gasteiger partial charge in [0, 0.05) is 26.0 Å². The normalized spacial score (nSPS) is 11.2. The Morgan fingerprint density at radius 2 is 2.00 bits per heavy atom. The van der Waals surface area contributed by atoms with Crippen LogP contribution in [0.1, 0.15) is 16.1 Å². The summed E-state index contributed by atoms with van der Waals surface area (Å²) in [6.45, 7) is 0. The number of furan rings is 1. The Bertz CT molecular complexity index is 1060. The van der Waals surface area contributed by atoms with Crippen molar-refractivity contribution in [3.05, 3.63) is 66.8 Å². The molecule has 1 aromatic heterocycles. The van der Waals surface area contributed by atoms with E-state index in [2.05, 4.69) is 42.4 Å². The number of halogens is 2. The number of amides is 1. The van der Waals surface area contributed by atoms with Gasteiger partial charge in [-0.25, -0.2) is 5.43 Å². The lowest BCUT2D eigenvalue weighted by molar-refractivity contribution is -0.385. The van der Waals surface area contributed by atoms with Crippen LogP contribution in [0.25, 0.3) is 11.0 Å². The summed E-state index contributed by atoms with van der Waals surface area (Å²) < 4.78 is 6.66. The number of carbonyl (C=O) groups excluding carboxylic acids is 1. The van der Waals surface area contributed by atoms with E-state index in [0.717, 1.165) is 22.1 Å². The Hall–Kier alpha value is -2.72. The lowest BCUT2D eigenvalue weighted by Gasteiger charge is -2.01. The van der Waals surface area contributed by atoms with E-state index >= 15 is 0 Å². The summed E-state index contributed by atoms with van der Waals surface area (Å²) in [6, 6.07) is 9.46. The molecule has 10 heteroatoms. The SMILES string of the molecule is O=C(N/N=C/c1cc(Br)cc([N+](=O)[O-])c1O)c1cc2cc(Br)ccc2o1. The zero-order valence-electron chi connectivity index (χ0n) is 12.8. The Morgan fingerprint density at radius 1 is 1.23 bits per heavy atom. The average molecular weight is 483 g/mol. The molecule has 0 spiro atoms. The van der Waals surface area contributed by atoms with E-state index in [-0.39, 0.29) is 11.3 Å². The minimum atomic E-state index is -0.720. The molecule has 0 radical (unpaired) electrons. The number of nitrogens with zero attached hydrogens (tertiary/aromatic N) is 2. The second-order valence-corrected chi connectivity index (χ2v) is 6.94. The average Bonchev–Trinajstić information content (AvgIpc) is 3.00. The van der Waals surface area contributed by atoms with Crippen molar-refractivity contribution in [3.63, 3.8) is 0 Å². The van der Waals surface area contributed by atoms with Crippen LogP contribution in [0.5, 0.6) is 5.75 Å². The number of hydrogen-bond acceptors (Lipinski definition) is 6. The molecule has 132 valence electrons. The number of phenols is 1. The Labute approximate surface area is 162 Å². The van der Waals surface area contributed by atoms with Gasteiger partial charge in [0.15, 0.2) is 5.76 Å². The van der Waals surface area contributed by atoms with Gasteiger partial charge in [-0.1, -0.05) is 31.9 Å². The van der Waals surface area contributed by atoms with Gasteiger partial charge in [-0.05, 0) is 30.3 Å².